The number of hydrogen-bond acceptors (Lipinski definition) is 1. The molecule has 17 heavy (non-hydrogen) atoms. The predicted molar refractivity (Wildman–Crippen MR) is 72.2 cm³/mol. The molecule has 0 saturated heterocycles. The molecule has 3 rings (SSSR count). The van der Waals surface area contributed by atoms with Gasteiger partial charge in [0.25, 0.3) is 0 Å². The molecule has 2 aliphatic carbocycles. The summed E-state index contributed by atoms with van der Waals surface area (Å²) < 4.78 is 0. The number of hydrogen-bond donors (Lipinski definition) is 1. The van der Waals surface area contributed by atoms with E-state index < -0.39 is 0 Å². The van der Waals surface area contributed by atoms with Gasteiger partial charge in [-0.25, -0.2) is 0 Å². The van der Waals surface area contributed by atoms with Crippen LogP contribution in [0.5, 0.6) is 0 Å². The lowest BCUT2D eigenvalue weighted by atomic mass is 9.65. The van der Waals surface area contributed by atoms with Crippen LogP contribution in [0.4, 0.5) is 0 Å². The van der Waals surface area contributed by atoms with E-state index >= 15 is 0 Å². The normalized spacial score (nSPS) is 22.2. The van der Waals surface area contributed by atoms with Crippen LogP contribution in [0.3, 0.4) is 0 Å². The van der Waals surface area contributed by atoms with Crippen molar-refractivity contribution in [3.8, 4) is 0 Å². The molecule has 0 bridgehead atoms. The summed E-state index contributed by atoms with van der Waals surface area (Å²) in [6, 6.07) is 9.74. The van der Waals surface area contributed by atoms with Crippen molar-refractivity contribution < 1.29 is 0 Å². The molecule has 0 unspecified atom stereocenters. The predicted octanol–water partition coefficient (Wildman–Crippen LogP) is 3.46. The number of benzene rings is 1. The Morgan fingerprint density at radius 3 is 2.59 bits per heavy atom. The Bertz CT molecular complexity index is 388. The van der Waals surface area contributed by atoms with Crippen LogP contribution in [0.2, 0.25) is 0 Å². The molecular formula is C16H23N. The van der Waals surface area contributed by atoms with E-state index in [0.717, 1.165) is 6.04 Å². The molecule has 1 heteroatoms. The van der Waals surface area contributed by atoms with Gasteiger partial charge in [-0.15, -0.1) is 0 Å². The van der Waals surface area contributed by atoms with Crippen LogP contribution in [-0.4, -0.2) is 12.6 Å². The summed E-state index contributed by atoms with van der Waals surface area (Å²) in [7, 11) is 0. The topological polar surface area (TPSA) is 12.0 Å². The van der Waals surface area contributed by atoms with Crippen LogP contribution in [0.1, 0.15) is 43.2 Å². The molecule has 2 fully saturated rings. The Labute approximate surface area is 105 Å². The molecule has 0 aliphatic heterocycles. The fraction of sp³-hybridized carbons (Fsp3) is 0.625. The van der Waals surface area contributed by atoms with Gasteiger partial charge in [0, 0.05) is 12.6 Å². The minimum Gasteiger partial charge on any atom is -0.313 e. The maximum Gasteiger partial charge on any atom is 0.00684 e. The molecule has 0 radical (unpaired) electrons. The first-order valence-electron chi connectivity index (χ1n) is 7.05. The quantitative estimate of drug-likeness (QED) is 0.815. The summed E-state index contributed by atoms with van der Waals surface area (Å²) in [5.74, 6) is 0. The summed E-state index contributed by atoms with van der Waals surface area (Å²) in [6.45, 7) is 3.49. The largest absolute Gasteiger partial charge is 0.313 e. The van der Waals surface area contributed by atoms with Gasteiger partial charge < -0.3 is 5.32 Å². The van der Waals surface area contributed by atoms with Crippen LogP contribution in [0.15, 0.2) is 24.3 Å². The molecule has 1 N–H and O–H groups in total. The average molecular weight is 229 g/mol. The summed E-state index contributed by atoms with van der Waals surface area (Å²) in [5.41, 5.74) is 3.60. The Kier molecular flexibility index (Phi) is 2.96. The highest BCUT2D eigenvalue weighted by Crippen LogP contribution is 2.44. The van der Waals surface area contributed by atoms with Crippen LogP contribution in [0.25, 0.3) is 0 Å². The zero-order valence-electron chi connectivity index (χ0n) is 10.8. The Hall–Kier alpha value is -0.820. The van der Waals surface area contributed by atoms with Crippen molar-refractivity contribution in [3.63, 3.8) is 0 Å². The lowest BCUT2D eigenvalue weighted by Crippen LogP contribution is -2.42. The SMILES string of the molecule is Cc1ccccc1CC1(CNC2CC2)CCC1. The third-order valence-electron chi connectivity index (χ3n) is 4.58. The van der Waals surface area contributed by atoms with E-state index in [4.69, 9.17) is 0 Å². The zero-order chi connectivity index (χ0) is 11.7. The highest BCUT2D eigenvalue weighted by atomic mass is 15.0. The molecule has 0 aromatic heterocycles. The van der Waals surface area contributed by atoms with E-state index in [9.17, 15) is 0 Å². The molecule has 92 valence electrons. The van der Waals surface area contributed by atoms with Gasteiger partial charge in [0.2, 0.25) is 0 Å². The van der Waals surface area contributed by atoms with Crippen LogP contribution >= 0.6 is 0 Å². The molecule has 0 heterocycles. The summed E-state index contributed by atoms with van der Waals surface area (Å²) in [5, 5.41) is 3.74. The summed E-state index contributed by atoms with van der Waals surface area (Å²) in [6.07, 6.45) is 8.35. The number of aryl methyl sites for hydroxylation is 1. The zero-order valence-corrected chi connectivity index (χ0v) is 10.8. The third-order valence-corrected chi connectivity index (χ3v) is 4.58. The van der Waals surface area contributed by atoms with Crippen LogP contribution < -0.4 is 5.32 Å². The minimum atomic E-state index is 0.578. The third kappa shape index (κ3) is 2.55. The van der Waals surface area contributed by atoms with E-state index in [1.165, 1.54) is 50.6 Å². The maximum absolute atomic E-state index is 3.74. The minimum absolute atomic E-state index is 0.578. The average Bonchev–Trinajstić information content (AvgIpc) is 3.08. The van der Waals surface area contributed by atoms with Gasteiger partial charge in [0.1, 0.15) is 0 Å². The molecular weight excluding hydrogens is 206 g/mol. The first kappa shape index (κ1) is 11.3. The summed E-state index contributed by atoms with van der Waals surface area (Å²) >= 11 is 0. The molecule has 0 spiro atoms. The van der Waals surface area contributed by atoms with E-state index in [-0.39, 0.29) is 0 Å². The molecule has 1 aromatic rings. The number of nitrogens with one attached hydrogen (secondary N) is 1. The second kappa shape index (κ2) is 4.45. The van der Waals surface area contributed by atoms with Gasteiger partial charge in [-0.05, 0) is 55.6 Å². The molecule has 1 nitrogen and oxygen atoms in total. The van der Waals surface area contributed by atoms with Crippen molar-refractivity contribution in [3.05, 3.63) is 35.4 Å². The molecule has 1 aromatic carbocycles. The van der Waals surface area contributed by atoms with Gasteiger partial charge in [-0.2, -0.15) is 0 Å². The molecule has 2 aliphatic rings. The van der Waals surface area contributed by atoms with Crippen molar-refractivity contribution in [2.45, 2.75) is 51.5 Å². The van der Waals surface area contributed by atoms with Crippen molar-refractivity contribution >= 4 is 0 Å². The monoisotopic (exact) mass is 229 g/mol. The van der Waals surface area contributed by atoms with Crippen molar-refractivity contribution in [2.75, 3.05) is 6.54 Å². The fourth-order valence-corrected chi connectivity index (χ4v) is 2.95. The van der Waals surface area contributed by atoms with E-state index in [1.807, 2.05) is 0 Å². The van der Waals surface area contributed by atoms with Gasteiger partial charge >= 0.3 is 0 Å². The number of rotatable bonds is 5. The van der Waals surface area contributed by atoms with Gasteiger partial charge in [-0.1, -0.05) is 30.7 Å². The highest BCUT2D eigenvalue weighted by Gasteiger charge is 2.38. The lowest BCUT2D eigenvalue weighted by Gasteiger charge is -2.43. The van der Waals surface area contributed by atoms with E-state index in [2.05, 4.69) is 36.5 Å². The Morgan fingerprint density at radius 1 is 1.24 bits per heavy atom. The maximum atomic E-state index is 3.74. The van der Waals surface area contributed by atoms with Crippen LogP contribution in [0, 0.1) is 12.3 Å². The molecule has 2 saturated carbocycles. The smallest absolute Gasteiger partial charge is 0.00684 e. The second-order valence-corrected chi connectivity index (χ2v) is 6.11. The van der Waals surface area contributed by atoms with Gasteiger partial charge in [-0.3, -0.25) is 0 Å². The van der Waals surface area contributed by atoms with E-state index in [0.29, 0.717) is 5.41 Å². The van der Waals surface area contributed by atoms with Gasteiger partial charge in [0.15, 0.2) is 0 Å². The fourth-order valence-electron chi connectivity index (χ4n) is 2.95. The first-order valence-corrected chi connectivity index (χ1v) is 7.05. The van der Waals surface area contributed by atoms with Crippen LogP contribution in [-0.2, 0) is 6.42 Å². The first-order chi connectivity index (χ1) is 8.27. The van der Waals surface area contributed by atoms with Gasteiger partial charge in [0.05, 0.1) is 0 Å². The molecule has 0 amide bonds. The lowest BCUT2D eigenvalue weighted by molar-refractivity contribution is 0.129. The van der Waals surface area contributed by atoms with Crippen molar-refractivity contribution in [2.24, 2.45) is 5.41 Å². The van der Waals surface area contributed by atoms with Crippen molar-refractivity contribution in [1.29, 1.82) is 0 Å². The van der Waals surface area contributed by atoms with E-state index in [1.54, 1.807) is 5.56 Å². The Morgan fingerprint density at radius 2 is 2.00 bits per heavy atom. The van der Waals surface area contributed by atoms with Crippen molar-refractivity contribution in [1.82, 2.24) is 5.32 Å². The second-order valence-electron chi connectivity index (χ2n) is 6.11. The Balaban J connectivity index is 1.66. The summed E-state index contributed by atoms with van der Waals surface area (Å²) in [4.78, 5) is 0. The highest BCUT2D eigenvalue weighted by molar-refractivity contribution is 5.27. The standard InChI is InChI=1S/C16H23N/c1-13-5-2-3-6-14(13)11-16(9-4-10-16)12-17-15-7-8-15/h2-3,5-6,15,17H,4,7-12H2,1H3. The molecule has 0 atom stereocenters.